The molecule has 0 aliphatic carbocycles. The topological polar surface area (TPSA) is 60.2 Å². The highest BCUT2D eigenvalue weighted by Gasteiger charge is 2.25. The molecule has 2 aromatic rings. The molecule has 0 atom stereocenters. The summed E-state index contributed by atoms with van der Waals surface area (Å²) >= 11 is 0. The van der Waals surface area contributed by atoms with Gasteiger partial charge in [0.2, 0.25) is 0 Å². The highest BCUT2D eigenvalue weighted by Crippen LogP contribution is 2.30. The first kappa shape index (κ1) is 19.8. The first-order chi connectivity index (χ1) is 12.1. The normalized spacial score (nSPS) is 11.5. The Bertz CT molecular complexity index is 802. The van der Waals surface area contributed by atoms with Crippen molar-refractivity contribution in [1.82, 2.24) is 15.0 Å². The van der Waals surface area contributed by atoms with Gasteiger partial charge in [0.05, 0.1) is 5.69 Å². The first-order valence-electron chi connectivity index (χ1n) is 8.14. The number of benzene rings is 1. The van der Waals surface area contributed by atoms with Crippen LogP contribution in [0.15, 0.2) is 25.3 Å². The number of aliphatic hydroxyl groups is 1. The van der Waals surface area contributed by atoms with E-state index in [2.05, 4.69) is 23.4 Å². The molecule has 0 fully saturated rings. The summed E-state index contributed by atoms with van der Waals surface area (Å²) in [6.45, 7) is 14.3. The van der Waals surface area contributed by atoms with Gasteiger partial charge in [0.15, 0.2) is 17.4 Å². The molecule has 0 saturated carbocycles. The van der Waals surface area contributed by atoms with E-state index in [1.54, 1.807) is 27.7 Å². The summed E-state index contributed by atoms with van der Waals surface area (Å²) in [5, 5.41) is 17.5. The van der Waals surface area contributed by atoms with Crippen molar-refractivity contribution in [3.63, 3.8) is 0 Å². The van der Waals surface area contributed by atoms with Gasteiger partial charge in [-0.1, -0.05) is 13.2 Å². The molecule has 0 unspecified atom stereocenters. The Morgan fingerprint density at radius 2 is 1.58 bits per heavy atom. The lowest BCUT2D eigenvalue weighted by molar-refractivity contribution is 0.0676. The van der Waals surface area contributed by atoms with E-state index < -0.39 is 23.0 Å². The van der Waals surface area contributed by atoms with Crippen molar-refractivity contribution in [2.75, 3.05) is 6.61 Å². The Kier molecular flexibility index (Phi) is 5.61. The summed E-state index contributed by atoms with van der Waals surface area (Å²) < 4.78 is 34.3. The zero-order valence-corrected chi connectivity index (χ0v) is 15.4. The SMILES string of the molecule is C=C(C)c1nn(-c2cc(F)c(OC(C)(C)CCO)c(F)c2)nc1C(=C)C. The van der Waals surface area contributed by atoms with Gasteiger partial charge in [0, 0.05) is 25.2 Å². The smallest absolute Gasteiger partial charge is 0.191 e. The van der Waals surface area contributed by atoms with Gasteiger partial charge in [-0.05, 0) is 38.8 Å². The van der Waals surface area contributed by atoms with Crippen molar-refractivity contribution < 1.29 is 18.6 Å². The van der Waals surface area contributed by atoms with Crippen LogP contribution < -0.4 is 4.74 Å². The molecule has 2 rings (SSSR count). The molecule has 0 bridgehead atoms. The van der Waals surface area contributed by atoms with Crippen LogP contribution in [0.3, 0.4) is 0 Å². The second-order valence-corrected chi connectivity index (χ2v) is 6.82. The van der Waals surface area contributed by atoms with Gasteiger partial charge in [0.1, 0.15) is 17.0 Å². The lowest BCUT2D eigenvalue weighted by Crippen LogP contribution is -2.30. The molecule has 7 heteroatoms. The molecule has 1 aromatic carbocycles. The molecule has 0 aliphatic heterocycles. The molecule has 0 radical (unpaired) electrons. The van der Waals surface area contributed by atoms with Crippen LogP contribution in [0, 0.1) is 11.6 Å². The van der Waals surface area contributed by atoms with Gasteiger partial charge in [-0.15, -0.1) is 10.2 Å². The molecule has 26 heavy (non-hydrogen) atoms. The fourth-order valence-corrected chi connectivity index (χ4v) is 2.35. The predicted octanol–water partition coefficient (Wildman–Crippen LogP) is 4.15. The van der Waals surface area contributed by atoms with Crippen molar-refractivity contribution in [2.45, 2.75) is 39.7 Å². The van der Waals surface area contributed by atoms with E-state index in [0.29, 0.717) is 22.5 Å². The number of ether oxygens (including phenoxy) is 1. The molecule has 140 valence electrons. The third-order valence-corrected chi connectivity index (χ3v) is 3.73. The summed E-state index contributed by atoms with van der Waals surface area (Å²) in [7, 11) is 0. The van der Waals surface area contributed by atoms with E-state index in [4.69, 9.17) is 9.84 Å². The van der Waals surface area contributed by atoms with Crippen LogP contribution in [0.1, 0.15) is 45.5 Å². The molecule has 1 aromatic heterocycles. The molecule has 0 spiro atoms. The van der Waals surface area contributed by atoms with Crippen LogP contribution in [-0.2, 0) is 0 Å². The molecule has 1 N–H and O–H groups in total. The summed E-state index contributed by atoms with van der Waals surface area (Å²) in [6, 6.07) is 2.19. The second-order valence-electron chi connectivity index (χ2n) is 6.82. The van der Waals surface area contributed by atoms with Crippen LogP contribution >= 0.6 is 0 Å². The number of aromatic nitrogens is 3. The molecule has 5 nitrogen and oxygen atoms in total. The summed E-state index contributed by atoms with van der Waals surface area (Å²) in [5.74, 6) is -2.26. The molecule has 0 amide bonds. The third-order valence-electron chi connectivity index (χ3n) is 3.73. The van der Waals surface area contributed by atoms with Gasteiger partial charge in [-0.3, -0.25) is 0 Å². The van der Waals surface area contributed by atoms with Crippen LogP contribution in [0.2, 0.25) is 0 Å². The van der Waals surface area contributed by atoms with E-state index in [0.717, 1.165) is 16.9 Å². The summed E-state index contributed by atoms with van der Waals surface area (Å²) in [6.07, 6.45) is 0.234. The van der Waals surface area contributed by atoms with Crippen molar-refractivity contribution >= 4 is 11.1 Å². The standard InChI is InChI=1S/C19H23F2N3O2/c1-11(2)16-17(12(3)4)23-24(22-16)13-9-14(20)18(15(21)10-13)26-19(5,6)7-8-25/h9-10,25H,1,3,7-8H2,2,4-6H3. The van der Waals surface area contributed by atoms with Crippen LogP contribution in [-0.4, -0.2) is 32.3 Å². The fourth-order valence-electron chi connectivity index (χ4n) is 2.35. The predicted molar refractivity (Wildman–Crippen MR) is 97.1 cm³/mol. The molecule has 1 heterocycles. The quantitative estimate of drug-likeness (QED) is 0.803. The minimum atomic E-state index is -0.915. The minimum Gasteiger partial charge on any atom is -0.482 e. The van der Waals surface area contributed by atoms with Crippen molar-refractivity contribution in [2.24, 2.45) is 0 Å². The Morgan fingerprint density at radius 3 is 1.96 bits per heavy atom. The number of aliphatic hydroxyl groups excluding tert-OH is 1. The van der Waals surface area contributed by atoms with Crippen LogP contribution in [0.25, 0.3) is 16.8 Å². The number of hydrogen-bond donors (Lipinski definition) is 1. The third kappa shape index (κ3) is 4.16. The highest BCUT2D eigenvalue weighted by molar-refractivity contribution is 5.71. The monoisotopic (exact) mass is 363 g/mol. The van der Waals surface area contributed by atoms with E-state index in [9.17, 15) is 8.78 Å². The summed E-state index contributed by atoms with van der Waals surface area (Å²) in [4.78, 5) is 1.14. The Morgan fingerprint density at radius 1 is 1.12 bits per heavy atom. The average Bonchev–Trinajstić information content (AvgIpc) is 2.96. The van der Waals surface area contributed by atoms with Crippen molar-refractivity contribution in [1.29, 1.82) is 0 Å². The van der Waals surface area contributed by atoms with Gasteiger partial charge in [0.25, 0.3) is 0 Å². The maximum atomic E-state index is 14.5. The lowest BCUT2D eigenvalue weighted by atomic mass is 10.1. The molecular formula is C19H23F2N3O2. The van der Waals surface area contributed by atoms with Crippen LogP contribution in [0.5, 0.6) is 5.75 Å². The summed E-state index contributed by atoms with van der Waals surface area (Å²) in [5.41, 5.74) is 1.57. The largest absolute Gasteiger partial charge is 0.482 e. The van der Waals surface area contributed by atoms with E-state index >= 15 is 0 Å². The number of rotatable bonds is 7. The Labute approximate surface area is 151 Å². The number of nitrogens with zero attached hydrogens (tertiary/aromatic N) is 3. The maximum absolute atomic E-state index is 14.5. The number of halogens is 2. The Balaban J connectivity index is 2.46. The molecule has 0 saturated heterocycles. The van der Waals surface area contributed by atoms with Crippen molar-refractivity contribution in [3.05, 3.63) is 48.3 Å². The van der Waals surface area contributed by atoms with Crippen molar-refractivity contribution in [3.8, 4) is 11.4 Å². The average molecular weight is 363 g/mol. The van der Waals surface area contributed by atoms with Gasteiger partial charge in [-0.25, -0.2) is 8.78 Å². The molecule has 0 aliphatic rings. The van der Waals surface area contributed by atoms with Gasteiger partial charge >= 0.3 is 0 Å². The zero-order valence-electron chi connectivity index (χ0n) is 15.4. The highest BCUT2D eigenvalue weighted by atomic mass is 19.1. The maximum Gasteiger partial charge on any atom is 0.191 e. The number of allylic oxidation sites excluding steroid dienone is 2. The fraction of sp³-hybridized carbons (Fsp3) is 0.368. The van der Waals surface area contributed by atoms with E-state index in [1.807, 2.05) is 0 Å². The molecular weight excluding hydrogens is 340 g/mol. The van der Waals surface area contributed by atoms with E-state index in [-0.39, 0.29) is 18.7 Å². The zero-order chi connectivity index (χ0) is 19.6. The van der Waals surface area contributed by atoms with E-state index in [1.165, 1.54) is 0 Å². The minimum absolute atomic E-state index is 0.113. The lowest BCUT2D eigenvalue weighted by Gasteiger charge is -2.26. The van der Waals surface area contributed by atoms with Gasteiger partial charge in [-0.2, -0.15) is 4.80 Å². The second kappa shape index (κ2) is 7.37. The van der Waals surface area contributed by atoms with Crippen LogP contribution in [0.4, 0.5) is 8.78 Å². The first-order valence-corrected chi connectivity index (χ1v) is 8.14. The Hall–Kier alpha value is -2.54. The number of hydrogen-bond acceptors (Lipinski definition) is 4. The van der Waals surface area contributed by atoms with Gasteiger partial charge < -0.3 is 9.84 Å².